The molecule has 126 valence electrons. The molecule has 23 heavy (non-hydrogen) atoms. The van der Waals surface area contributed by atoms with E-state index in [9.17, 15) is 32.6 Å². The second-order valence-corrected chi connectivity index (χ2v) is 5.26. The van der Waals surface area contributed by atoms with Crippen LogP contribution in [0.3, 0.4) is 0 Å². The summed E-state index contributed by atoms with van der Waals surface area (Å²) >= 11 is 10.9. The molecule has 0 saturated carbocycles. The Bertz CT molecular complexity index is 681. The van der Waals surface area contributed by atoms with Gasteiger partial charge in [-0.2, -0.15) is 13.2 Å². The summed E-state index contributed by atoms with van der Waals surface area (Å²) in [6, 6.07) is -0.851. The van der Waals surface area contributed by atoms with Gasteiger partial charge in [-0.25, -0.2) is 4.39 Å². The number of hydrogen-bond acceptors (Lipinski definition) is 5. The van der Waals surface area contributed by atoms with Crippen LogP contribution in [0.15, 0.2) is 24.1 Å². The first-order valence-electron chi connectivity index (χ1n) is 5.92. The van der Waals surface area contributed by atoms with E-state index in [4.69, 9.17) is 23.2 Å². The van der Waals surface area contributed by atoms with E-state index in [1.165, 1.54) is 0 Å². The standard InChI is InChI=1S/C12H8Cl2F4N2O3/c13-5-2-6(15)7(1-4(5)10(14)22)20-9(21)3-8(12(16,17)18)19-11(20)23/h1-3,8,11,19,21,23H. The van der Waals surface area contributed by atoms with Gasteiger partial charge in [-0.3, -0.25) is 15.0 Å². The molecule has 0 saturated heterocycles. The molecule has 5 nitrogen and oxygen atoms in total. The first kappa shape index (κ1) is 17.8. The first-order valence-corrected chi connectivity index (χ1v) is 6.67. The number of aliphatic hydroxyl groups excluding tert-OH is 2. The Balaban J connectivity index is 2.50. The lowest BCUT2D eigenvalue weighted by molar-refractivity contribution is -0.154. The number of hydrogen-bond donors (Lipinski definition) is 3. The zero-order chi connectivity index (χ0) is 17.5. The van der Waals surface area contributed by atoms with Crippen LogP contribution in [0.5, 0.6) is 0 Å². The summed E-state index contributed by atoms with van der Waals surface area (Å²) in [6.07, 6.45) is -6.56. The number of halogens is 6. The van der Waals surface area contributed by atoms with Crippen molar-refractivity contribution in [3.63, 3.8) is 0 Å². The third kappa shape index (κ3) is 3.52. The third-order valence-electron chi connectivity index (χ3n) is 3.00. The van der Waals surface area contributed by atoms with E-state index in [1.807, 2.05) is 0 Å². The minimum atomic E-state index is -4.78. The molecule has 1 aliphatic rings. The summed E-state index contributed by atoms with van der Waals surface area (Å²) in [7, 11) is 0. The molecule has 0 aliphatic carbocycles. The first-order chi connectivity index (χ1) is 10.5. The smallest absolute Gasteiger partial charge is 0.407 e. The van der Waals surface area contributed by atoms with Gasteiger partial charge in [-0.15, -0.1) is 0 Å². The fraction of sp³-hybridized carbons (Fsp3) is 0.250. The Morgan fingerprint density at radius 1 is 1.35 bits per heavy atom. The number of anilines is 1. The van der Waals surface area contributed by atoms with Crippen LogP contribution >= 0.6 is 23.2 Å². The second-order valence-electron chi connectivity index (χ2n) is 4.51. The highest BCUT2D eigenvalue weighted by Crippen LogP contribution is 2.33. The van der Waals surface area contributed by atoms with Crippen LogP contribution in [-0.4, -0.2) is 34.0 Å². The molecular formula is C12H8Cl2F4N2O3. The fourth-order valence-electron chi connectivity index (χ4n) is 1.95. The SMILES string of the molecule is O=C(Cl)c1cc(N2C(O)=CC(C(F)(F)F)NC2O)c(F)cc1Cl. The molecule has 0 radical (unpaired) electrons. The highest BCUT2D eigenvalue weighted by molar-refractivity contribution is 6.68. The molecule has 1 aromatic carbocycles. The fourth-order valence-corrected chi connectivity index (χ4v) is 2.40. The van der Waals surface area contributed by atoms with Gasteiger partial charge in [0.05, 0.1) is 16.3 Å². The lowest BCUT2D eigenvalue weighted by Crippen LogP contribution is -2.57. The maximum absolute atomic E-state index is 14.0. The monoisotopic (exact) mass is 374 g/mol. The number of aliphatic hydroxyl groups is 2. The normalized spacial score (nSPS) is 22.0. The molecule has 11 heteroatoms. The number of carbonyl (C=O) groups excluding carboxylic acids is 1. The van der Waals surface area contributed by atoms with Crippen LogP contribution < -0.4 is 10.2 Å². The van der Waals surface area contributed by atoms with Gasteiger partial charge in [0.1, 0.15) is 11.9 Å². The predicted octanol–water partition coefficient (Wildman–Crippen LogP) is 2.87. The van der Waals surface area contributed by atoms with Crippen LogP contribution in [0.4, 0.5) is 23.2 Å². The third-order valence-corrected chi connectivity index (χ3v) is 3.51. The highest BCUT2D eigenvalue weighted by atomic mass is 35.5. The van der Waals surface area contributed by atoms with Crippen molar-refractivity contribution in [2.24, 2.45) is 0 Å². The van der Waals surface area contributed by atoms with Crippen LogP contribution in [-0.2, 0) is 0 Å². The maximum Gasteiger partial charge on any atom is 0.407 e. The molecule has 1 heterocycles. The number of benzene rings is 1. The maximum atomic E-state index is 14.0. The average Bonchev–Trinajstić information content (AvgIpc) is 2.38. The van der Waals surface area contributed by atoms with Gasteiger partial charge in [-0.1, -0.05) is 11.6 Å². The quantitative estimate of drug-likeness (QED) is 0.548. The summed E-state index contributed by atoms with van der Waals surface area (Å²) in [5.41, 5.74) is -0.935. The summed E-state index contributed by atoms with van der Waals surface area (Å²) in [5, 5.41) is 19.8. The van der Waals surface area contributed by atoms with Crippen molar-refractivity contribution >= 4 is 34.1 Å². The van der Waals surface area contributed by atoms with E-state index in [2.05, 4.69) is 0 Å². The molecule has 3 N–H and O–H groups in total. The molecule has 0 spiro atoms. The van der Waals surface area contributed by atoms with Crippen molar-refractivity contribution in [3.8, 4) is 0 Å². The predicted molar refractivity (Wildman–Crippen MR) is 73.8 cm³/mol. The molecule has 1 aliphatic heterocycles. The van der Waals surface area contributed by atoms with Crippen molar-refractivity contribution < 1.29 is 32.6 Å². The molecule has 0 amide bonds. The zero-order valence-corrected chi connectivity index (χ0v) is 12.4. The second kappa shape index (κ2) is 6.16. The minimum Gasteiger partial charge on any atom is -0.495 e. The van der Waals surface area contributed by atoms with Gasteiger partial charge in [0.25, 0.3) is 5.24 Å². The number of carbonyl (C=O) groups is 1. The number of nitrogens with one attached hydrogen (secondary N) is 1. The number of nitrogens with zero attached hydrogens (tertiary/aromatic N) is 1. The van der Waals surface area contributed by atoms with Gasteiger partial charge in [0.15, 0.2) is 12.2 Å². The van der Waals surface area contributed by atoms with Crippen LogP contribution in [0.2, 0.25) is 5.02 Å². The van der Waals surface area contributed by atoms with Gasteiger partial charge < -0.3 is 10.2 Å². The molecule has 0 aromatic heterocycles. The van der Waals surface area contributed by atoms with E-state index < -0.39 is 41.2 Å². The van der Waals surface area contributed by atoms with Gasteiger partial charge in [0.2, 0.25) is 0 Å². The molecule has 2 atom stereocenters. The lowest BCUT2D eigenvalue weighted by Gasteiger charge is -2.36. The minimum absolute atomic E-state index is 0.331. The van der Waals surface area contributed by atoms with Gasteiger partial charge in [0, 0.05) is 6.08 Å². The average molecular weight is 375 g/mol. The number of alkyl halides is 3. The van der Waals surface area contributed by atoms with Crippen LogP contribution in [0.25, 0.3) is 0 Å². The molecule has 2 unspecified atom stereocenters. The van der Waals surface area contributed by atoms with Crippen molar-refractivity contribution in [1.29, 1.82) is 0 Å². The number of rotatable bonds is 2. The Hall–Kier alpha value is -1.55. The Labute approximate surface area is 136 Å². The summed E-state index contributed by atoms with van der Waals surface area (Å²) in [4.78, 5) is 11.6. The Morgan fingerprint density at radius 3 is 2.43 bits per heavy atom. The highest BCUT2D eigenvalue weighted by Gasteiger charge is 2.44. The van der Waals surface area contributed by atoms with Crippen molar-refractivity contribution in [2.45, 2.75) is 18.6 Å². The van der Waals surface area contributed by atoms with Crippen LogP contribution in [0, 0.1) is 5.82 Å². The van der Waals surface area contributed by atoms with E-state index in [-0.39, 0.29) is 10.6 Å². The van der Waals surface area contributed by atoms with E-state index in [0.29, 0.717) is 17.0 Å². The molecule has 2 rings (SSSR count). The lowest BCUT2D eigenvalue weighted by atomic mass is 10.1. The van der Waals surface area contributed by atoms with Gasteiger partial charge >= 0.3 is 6.18 Å². The van der Waals surface area contributed by atoms with Crippen molar-refractivity contribution in [3.05, 3.63) is 40.5 Å². The summed E-state index contributed by atoms with van der Waals surface area (Å²) < 4.78 is 51.8. The van der Waals surface area contributed by atoms with Crippen molar-refractivity contribution in [2.75, 3.05) is 4.90 Å². The molecular weight excluding hydrogens is 367 g/mol. The van der Waals surface area contributed by atoms with Gasteiger partial charge in [-0.05, 0) is 23.7 Å². The molecule has 0 fully saturated rings. The Morgan fingerprint density at radius 2 is 1.96 bits per heavy atom. The largest absolute Gasteiger partial charge is 0.495 e. The molecule has 0 bridgehead atoms. The summed E-state index contributed by atoms with van der Waals surface area (Å²) in [5.74, 6) is -2.16. The topological polar surface area (TPSA) is 72.8 Å². The van der Waals surface area contributed by atoms with Crippen LogP contribution in [0.1, 0.15) is 10.4 Å². The zero-order valence-electron chi connectivity index (χ0n) is 10.9. The molecule has 1 aromatic rings. The summed E-state index contributed by atoms with van der Waals surface area (Å²) in [6.45, 7) is 0. The Kier molecular flexibility index (Phi) is 4.76. The van der Waals surface area contributed by atoms with E-state index in [1.54, 1.807) is 5.32 Å². The van der Waals surface area contributed by atoms with Crippen molar-refractivity contribution in [1.82, 2.24) is 5.32 Å². The van der Waals surface area contributed by atoms with E-state index >= 15 is 0 Å². The van der Waals surface area contributed by atoms with E-state index in [0.717, 1.165) is 6.07 Å².